The van der Waals surface area contributed by atoms with Gasteiger partial charge in [0.1, 0.15) is 0 Å². The summed E-state index contributed by atoms with van der Waals surface area (Å²) in [7, 11) is 0. The number of thioether (sulfide) groups is 1. The number of hydrogen-bond acceptors (Lipinski definition) is 2. The topological polar surface area (TPSA) is 26.0 Å². The van der Waals surface area contributed by atoms with E-state index in [9.17, 15) is 8.78 Å². The summed E-state index contributed by atoms with van der Waals surface area (Å²) < 4.78 is 24.2. The Bertz CT molecular complexity index is 307. The minimum absolute atomic E-state index is 0.487. The van der Waals surface area contributed by atoms with Gasteiger partial charge in [-0.1, -0.05) is 23.9 Å². The van der Waals surface area contributed by atoms with E-state index in [-0.39, 0.29) is 0 Å². The molecule has 0 aliphatic carbocycles. The van der Waals surface area contributed by atoms with Gasteiger partial charge in [-0.15, -0.1) is 0 Å². The fourth-order valence-electron chi connectivity index (χ4n) is 1.07. The van der Waals surface area contributed by atoms with Crippen LogP contribution in [-0.4, -0.2) is 5.76 Å². The van der Waals surface area contributed by atoms with Gasteiger partial charge in [0.2, 0.25) is 0 Å². The van der Waals surface area contributed by atoms with Crippen LogP contribution in [-0.2, 0) is 5.54 Å². The van der Waals surface area contributed by atoms with E-state index in [1.165, 1.54) is 0 Å². The third kappa shape index (κ3) is 3.27. The highest BCUT2D eigenvalue weighted by Gasteiger charge is 2.15. The Balaban J connectivity index is 2.90. The molecule has 0 aliphatic rings. The van der Waals surface area contributed by atoms with Crippen LogP contribution in [0.25, 0.3) is 0 Å². The molecule has 1 rings (SSSR count). The maximum Gasteiger partial charge on any atom is 0.288 e. The van der Waals surface area contributed by atoms with Crippen molar-refractivity contribution in [2.24, 2.45) is 5.73 Å². The predicted molar refractivity (Wildman–Crippen MR) is 55.5 cm³/mol. The predicted octanol–water partition coefficient (Wildman–Crippen LogP) is 3.20. The van der Waals surface area contributed by atoms with Crippen molar-refractivity contribution < 1.29 is 8.78 Å². The van der Waals surface area contributed by atoms with Gasteiger partial charge in [0.05, 0.1) is 0 Å². The second-order valence-electron chi connectivity index (χ2n) is 3.63. The van der Waals surface area contributed by atoms with Crippen molar-refractivity contribution in [2.75, 3.05) is 0 Å². The Hall–Kier alpha value is -0.610. The maximum atomic E-state index is 12.1. The molecule has 1 aromatic rings. The molecule has 0 aromatic heterocycles. The Morgan fingerprint density at radius 2 is 2.00 bits per heavy atom. The molecule has 78 valence electrons. The van der Waals surface area contributed by atoms with Gasteiger partial charge in [-0.3, -0.25) is 0 Å². The average molecular weight is 217 g/mol. The first-order chi connectivity index (χ1) is 6.39. The fraction of sp³-hybridized carbons (Fsp3) is 0.400. The molecule has 1 aromatic carbocycles. The molecule has 14 heavy (non-hydrogen) atoms. The molecule has 0 atom stereocenters. The zero-order chi connectivity index (χ0) is 10.8. The summed E-state index contributed by atoms with van der Waals surface area (Å²) >= 11 is 0.540. The monoisotopic (exact) mass is 217 g/mol. The first-order valence-electron chi connectivity index (χ1n) is 4.24. The quantitative estimate of drug-likeness (QED) is 0.787. The van der Waals surface area contributed by atoms with Crippen LogP contribution < -0.4 is 5.73 Å². The maximum absolute atomic E-state index is 12.1. The first-order valence-corrected chi connectivity index (χ1v) is 5.12. The molecule has 2 N–H and O–H groups in total. The molecule has 0 amide bonds. The second-order valence-corrected chi connectivity index (χ2v) is 4.69. The molecule has 0 radical (unpaired) electrons. The number of rotatable bonds is 3. The van der Waals surface area contributed by atoms with E-state index < -0.39 is 11.3 Å². The van der Waals surface area contributed by atoms with Crippen LogP contribution in [0.5, 0.6) is 0 Å². The van der Waals surface area contributed by atoms with Gasteiger partial charge in [-0.05, 0) is 31.5 Å². The van der Waals surface area contributed by atoms with E-state index in [0.717, 1.165) is 5.56 Å². The number of halogens is 2. The number of alkyl halides is 2. The average Bonchev–Trinajstić information content (AvgIpc) is 2.01. The van der Waals surface area contributed by atoms with E-state index in [4.69, 9.17) is 5.73 Å². The lowest BCUT2D eigenvalue weighted by Gasteiger charge is -2.19. The smallest absolute Gasteiger partial charge is 0.288 e. The number of benzene rings is 1. The van der Waals surface area contributed by atoms with Crippen LogP contribution in [0.4, 0.5) is 8.78 Å². The van der Waals surface area contributed by atoms with Crippen LogP contribution in [0.2, 0.25) is 0 Å². The summed E-state index contributed by atoms with van der Waals surface area (Å²) in [6.07, 6.45) is 0. The molecule has 4 heteroatoms. The Labute approximate surface area is 86.7 Å². The van der Waals surface area contributed by atoms with E-state index >= 15 is 0 Å². The highest BCUT2D eigenvalue weighted by atomic mass is 32.2. The molecular weight excluding hydrogens is 204 g/mol. The largest absolute Gasteiger partial charge is 0.322 e. The summed E-state index contributed by atoms with van der Waals surface area (Å²) in [6.45, 7) is 3.69. The Morgan fingerprint density at radius 1 is 1.36 bits per heavy atom. The SMILES string of the molecule is CC(C)(N)c1cccc(SC(F)F)c1. The highest BCUT2D eigenvalue weighted by Crippen LogP contribution is 2.28. The van der Waals surface area contributed by atoms with Gasteiger partial charge in [-0.25, -0.2) is 0 Å². The minimum atomic E-state index is -2.38. The van der Waals surface area contributed by atoms with Crippen molar-refractivity contribution in [3.63, 3.8) is 0 Å². The summed E-state index contributed by atoms with van der Waals surface area (Å²) in [4.78, 5) is 0.552. The van der Waals surface area contributed by atoms with Crippen molar-refractivity contribution in [1.29, 1.82) is 0 Å². The molecule has 0 saturated heterocycles. The van der Waals surface area contributed by atoms with Gasteiger partial charge in [-0.2, -0.15) is 8.78 Å². The third-order valence-electron chi connectivity index (χ3n) is 1.80. The molecular formula is C10H13F2NS. The van der Waals surface area contributed by atoms with Crippen LogP contribution in [0, 0.1) is 0 Å². The summed E-state index contributed by atoms with van der Waals surface area (Å²) in [5.41, 5.74) is 6.24. The zero-order valence-corrected chi connectivity index (χ0v) is 8.94. The van der Waals surface area contributed by atoms with Crippen LogP contribution in [0.3, 0.4) is 0 Å². The van der Waals surface area contributed by atoms with Gasteiger partial charge < -0.3 is 5.73 Å². The van der Waals surface area contributed by atoms with E-state index in [1.54, 1.807) is 18.2 Å². The highest BCUT2D eigenvalue weighted by molar-refractivity contribution is 7.99. The Kier molecular flexibility index (Phi) is 3.50. The first kappa shape index (κ1) is 11.5. The van der Waals surface area contributed by atoms with Crippen molar-refractivity contribution >= 4 is 11.8 Å². The summed E-state index contributed by atoms with van der Waals surface area (Å²) in [5.74, 6) is -2.38. The van der Waals surface area contributed by atoms with E-state index in [2.05, 4.69) is 0 Å². The zero-order valence-electron chi connectivity index (χ0n) is 8.13. The lowest BCUT2D eigenvalue weighted by atomic mass is 9.96. The molecule has 0 spiro atoms. The van der Waals surface area contributed by atoms with Gasteiger partial charge >= 0.3 is 0 Å². The lowest BCUT2D eigenvalue weighted by molar-refractivity contribution is 0.252. The summed E-state index contributed by atoms with van der Waals surface area (Å²) in [5, 5.41) is 0. The van der Waals surface area contributed by atoms with E-state index in [1.807, 2.05) is 19.9 Å². The van der Waals surface area contributed by atoms with Crippen LogP contribution >= 0.6 is 11.8 Å². The van der Waals surface area contributed by atoms with Crippen molar-refractivity contribution in [3.05, 3.63) is 29.8 Å². The Morgan fingerprint density at radius 3 is 2.50 bits per heavy atom. The minimum Gasteiger partial charge on any atom is -0.322 e. The third-order valence-corrected chi connectivity index (χ3v) is 2.51. The summed E-state index contributed by atoms with van der Waals surface area (Å²) in [6, 6.07) is 6.95. The van der Waals surface area contributed by atoms with Crippen molar-refractivity contribution in [2.45, 2.75) is 30.0 Å². The normalized spacial score (nSPS) is 12.1. The molecule has 0 unspecified atom stereocenters. The van der Waals surface area contributed by atoms with E-state index in [0.29, 0.717) is 16.7 Å². The molecule has 0 heterocycles. The molecule has 1 nitrogen and oxygen atoms in total. The number of hydrogen-bond donors (Lipinski definition) is 1. The lowest BCUT2D eigenvalue weighted by Crippen LogP contribution is -2.28. The van der Waals surface area contributed by atoms with Crippen LogP contribution in [0.15, 0.2) is 29.2 Å². The molecule has 0 bridgehead atoms. The standard InChI is InChI=1S/C10H13F2NS/c1-10(2,13)7-4-3-5-8(6-7)14-9(11)12/h3-6,9H,13H2,1-2H3. The van der Waals surface area contributed by atoms with Gasteiger partial charge in [0.15, 0.2) is 0 Å². The van der Waals surface area contributed by atoms with Crippen LogP contribution in [0.1, 0.15) is 19.4 Å². The fourth-order valence-corrected chi connectivity index (χ4v) is 1.63. The van der Waals surface area contributed by atoms with Gasteiger partial charge in [0, 0.05) is 10.4 Å². The molecule has 0 saturated carbocycles. The second kappa shape index (κ2) is 4.28. The van der Waals surface area contributed by atoms with Crippen molar-refractivity contribution in [1.82, 2.24) is 0 Å². The van der Waals surface area contributed by atoms with Crippen molar-refractivity contribution in [3.8, 4) is 0 Å². The van der Waals surface area contributed by atoms with Gasteiger partial charge in [0.25, 0.3) is 5.76 Å². The molecule has 0 aliphatic heterocycles. The molecule has 0 fully saturated rings. The number of nitrogens with two attached hydrogens (primary N) is 1.